The fourth-order valence-corrected chi connectivity index (χ4v) is 4.03. The minimum Gasteiger partial charge on any atom is -0.333 e. The SMILES string of the molecule is CC(C)[C@@](C)(C#N)NC(=O)C[NH+]1CC[NH+](Cc2ccc(Cl)s2)CC1. The van der Waals surface area contributed by atoms with E-state index in [-0.39, 0.29) is 11.8 Å². The first-order valence-corrected chi connectivity index (χ1v) is 9.65. The van der Waals surface area contributed by atoms with Crippen LogP contribution in [0.25, 0.3) is 0 Å². The average molecular weight is 371 g/mol. The fourth-order valence-electron chi connectivity index (χ4n) is 2.87. The van der Waals surface area contributed by atoms with E-state index >= 15 is 0 Å². The lowest BCUT2D eigenvalue weighted by Crippen LogP contribution is -3.28. The molecule has 3 N–H and O–H groups in total. The Balaban J connectivity index is 1.76. The van der Waals surface area contributed by atoms with E-state index in [0.29, 0.717) is 6.54 Å². The van der Waals surface area contributed by atoms with Gasteiger partial charge in [0.2, 0.25) is 0 Å². The number of rotatable bonds is 6. The smallest absolute Gasteiger partial charge is 0.276 e. The van der Waals surface area contributed by atoms with Gasteiger partial charge in [-0.1, -0.05) is 25.4 Å². The number of nitrogens with one attached hydrogen (secondary N) is 3. The van der Waals surface area contributed by atoms with Crippen LogP contribution in [0.2, 0.25) is 4.34 Å². The lowest BCUT2D eigenvalue weighted by atomic mass is 9.90. The average Bonchev–Trinajstić information content (AvgIpc) is 2.94. The van der Waals surface area contributed by atoms with Gasteiger partial charge in [0.05, 0.1) is 15.3 Å². The quantitative estimate of drug-likeness (QED) is 0.646. The maximum absolute atomic E-state index is 12.3. The zero-order valence-electron chi connectivity index (χ0n) is 14.6. The lowest BCUT2D eigenvalue weighted by Gasteiger charge is -2.31. The number of piperazine rings is 1. The van der Waals surface area contributed by atoms with Crippen LogP contribution in [0.1, 0.15) is 25.6 Å². The molecule has 5 nitrogen and oxygen atoms in total. The summed E-state index contributed by atoms with van der Waals surface area (Å²) >= 11 is 7.63. The molecule has 24 heavy (non-hydrogen) atoms. The summed E-state index contributed by atoms with van der Waals surface area (Å²) in [6.45, 7) is 11.2. The van der Waals surface area contributed by atoms with E-state index in [2.05, 4.69) is 17.5 Å². The van der Waals surface area contributed by atoms with Gasteiger partial charge in [-0.05, 0) is 25.0 Å². The zero-order valence-corrected chi connectivity index (χ0v) is 16.2. The van der Waals surface area contributed by atoms with E-state index in [9.17, 15) is 10.1 Å². The van der Waals surface area contributed by atoms with Crippen molar-refractivity contribution in [2.24, 2.45) is 5.92 Å². The number of quaternary nitrogens is 2. The Morgan fingerprint density at radius 1 is 1.38 bits per heavy atom. The van der Waals surface area contributed by atoms with Crippen LogP contribution in [0.15, 0.2) is 12.1 Å². The van der Waals surface area contributed by atoms with Gasteiger partial charge in [0.25, 0.3) is 5.91 Å². The molecular weight excluding hydrogens is 344 g/mol. The van der Waals surface area contributed by atoms with Gasteiger partial charge in [-0.15, -0.1) is 11.3 Å². The fraction of sp³-hybridized carbons (Fsp3) is 0.647. The van der Waals surface area contributed by atoms with E-state index < -0.39 is 5.54 Å². The first kappa shape index (κ1) is 19.2. The Hall–Kier alpha value is -1.13. The number of nitrogens with zero attached hydrogens (tertiary/aromatic N) is 1. The van der Waals surface area contributed by atoms with Gasteiger partial charge in [0.15, 0.2) is 6.54 Å². The Labute approximate surface area is 153 Å². The molecule has 1 aliphatic rings. The molecule has 1 amide bonds. The standard InChI is InChI=1S/C17H25ClN4OS/c1-13(2)17(3,12-19)20-16(23)11-22-8-6-21(7-9-22)10-14-4-5-15(18)24-14/h4-5,13H,6-11H2,1-3H3,(H,20,23)/p+2/t17-/m1/s1. The molecule has 2 rings (SSSR count). The summed E-state index contributed by atoms with van der Waals surface area (Å²) in [7, 11) is 0. The van der Waals surface area contributed by atoms with Gasteiger partial charge >= 0.3 is 0 Å². The van der Waals surface area contributed by atoms with Crippen molar-refractivity contribution >= 4 is 28.8 Å². The number of thiophene rings is 1. The molecule has 0 bridgehead atoms. The maximum atomic E-state index is 12.3. The van der Waals surface area contributed by atoms with E-state index in [4.69, 9.17) is 11.6 Å². The third-order valence-corrected chi connectivity index (χ3v) is 6.15. The summed E-state index contributed by atoms with van der Waals surface area (Å²) in [4.78, 5) is 16.4. The third kappa shape index (κ3) is 5.18. The van der Waals surface area contributed by atoms with Crippen LogP contribution in [0.3, 0.4) is 0 Å². The predicted molar refractivity (Wildman–Crippen MR) is 96.3 cm³/mol. The summed E-state index contributed by atoms with van der Waals surface area (Å²) in [5.74, 6) is 0.0524. The summed E-state index contributed by atoms with van der Waals surface area (Å²) in [5.41, 5.74) is -0.790. The predicted octanol–water partition coefficient (Wildman–Crippen LogP) is -0.261. The first-order valence-electron chi connectivity index (χ1n) is 8.46. The highest BCUT2D eigenvalue weighted by Crippen LogP contribution is 2.20. The Kier molecular flexibility index (Phi) is 6.64. The van der Waals surface area contributed by atoms with Crippen molar-refractivity contribution in [1.82, 2.24) is 5.32 Å². The van der Waals surface area contributed by atoms with Gasteiger partial charge in [0.1, 0.15) is 38.3 Å². The monoisotopic (exact) mass is 370 g/mol. The van der Waals surface area contributed by atoms with Crippen molar-refractivity contribution in [3.05, 3.63) is 21.3 Å². The molecule has 0 aliphatic carbocycles. The molecule has 2 heterocycles. The molecule has 0 spiro atoms. The number of hydrogen-bond acceptors (Lipinski definition) is 3. The molecule has 7 heteroatoms. The van der Waals surface area contributed by atoms with Crippen molar-refractivity contribution in [3.63, 3.8) is 0 Å². The molecule has 1 fully saturated rings. The number of carbonyl (C=O) groups is 1. The van der Waals surface area contributed by atoms with Crippen LogP contribution in [-0.2, 0) is 11.3 Å². The number of nitriles is 1. The minimum atomic E-state index is -0.790. The van der Waals surface area contributed by atoms with E-state index in [1.807, 2.05) is 19.9 Å². The molecule has 0 saturated carbocycles. The van der Waals surface area contributed by atoms with Crippen molar-refractivity contribution < 1.29 is 14.6 Å². The summed E-state index contributed by atoms with van der Waals surface area (Å²) in [6.07, 6.45) is 0. The topological polar surface area (TPSA) is 61.8 Å². The molecule has 0 radical (unpaired) electrons. The van der Waals surface area contributed by atoms with Crippen molar-refractivity contribution in [2.75, 3.05) is 32.7 Å². The Bertz CT molecular complexity index is 604. The molecule has 1 aromatic heterocycles. The zero-order chi connectivity index (χ0) is 17.7. The Morgan fingerprint density at radius 2 is 2.00 bits per heavy atom. The lowest BCUT2D eigenvalue weighted by molar-refractivity contribution is -1.01. The van der Waals surface area contributed by atoms with Gasteiger partial charge in [-0.2, -0.15) is 5.26 Å². The van der Waals surface area contributed by atoms with Gasteiger partial charge < -0.3 is 15.1 Å². The van der Waals surface area contributed by atoms with Crippen LogP contribution in [0.4, 0.5) is 0 Å². The number of carbonyl (C=O) groups excluding carboxylic acids is 1. The molecule has 1 saturated heterocycles. The first-order chi connectivity index (χ1) is 11.3. The van der Waals surface area contributed by atoms with E-state index in [1.165, 1.54) is 9.78 Å². The second-order valence-corrected chi connectivity index (χ2v) is 8.88. The third-order valence-electron chi connectivity index (χ3n) is 4.91. The molecule has 1 atom stereocenters. The van der Waals surface area contributed by atoms with Gasteiger partial charge in [-0.25, -0.2) is 0 Å². The highest BCUT2D eigenvalue weighted by Gasteiger charge is 2.32. The molecule has 132 valence electrons. The van der Waals surface area contributed by atoms with Gasteiger partial charge in [-0.3, -0.25) is 4.79 Å². The summed E-state index contributed by atoms with van der Waals surface area (Å²) in [5, 5.41) is 12.2. The molecular formula is C17H27ClN4OS+2. The molecule has 0 unspecified atom stereocenters. The van der Waals surface area contributed by atoms with Crippen LogP contribution in [0.5, 0.6) is 0 Å². The van der Waals surface area contributed by atoms with Crippen LogP contribution in [0, 0.1) is 17.2 Å². The van der Waals surface area contributed by atoms with Crippen molar-refractivity contribution in [2.45, 2.75) is 32.9 Å². The highest BCUT2D eigenvalue weighted by molar-refractivity contribution is 7.16. The molecule has 1 aliphatic heterocycles. The van der Waals surface area contributed by atoms with Gasteiger partial charge in [0, 0.05) is 0 Å². The summed E-state index contributed by atoms with van der Waals surface area (Å²) in [6, 6.07) is 6.28. The number of amides is 1. The maximum Gasteiger partial charge on any atom is 0.276 e. The second kappa shape index (κ2) is 8.30. The second-order valence-electron chi connectivity index (χ2n) is 7.08. The summed E-state index contributed by atoms with van der Waals surface area (Å²) < 4.78 is 0.844. The van der Waals surface area contributed by atoms with Crippen LogP contribution < -0.4 is 15.1 Å². The highest BCUT2D eigenvalue weighted by atomic mass is 35.5. The number of halogens is 1. The minimum absolute atomic E-state index is 0.0313. The largest absolute Gasteiger partial charge is 0.333 e. The Morgan fingerprint density at radius 3 is 2.50 bits per heavy atom. The number of hydrogen-bond donors (Lipinski definition) is 3. The molecule has 1 aromatic rings. The van der Waals surface area contributed by atoms with Crippen molar-refractivity contribution in [3.8, 4) is 6.07 Å². The van der Waals surface area contributed by atoms with Crippen LogP contribution >= 0.6 is 22.9 Å². The van der Waals surface area contributed by atoms with Crippen molar-refractivity contribution in [1.29, 1.82) is 5.26 Å². The molecule has 0 aromatic carbocycles. The van der Waals surface area contributed by atoms with E-state index in [0.717, 1.165) is 37.1 Å². The normalized spacial score (nSPS) is 23.5. The van der Waals surface area contributed by atoms with Crippen LogP contribution in [-0.4, -0.2) is 44.2 Å². The van der Waals surface area contributed by atoms with E-state index in [1.54, 1.807) is 23.2 Å².